The molecule has 3 saturated heterocycles. The molecule has 6 nitrogen and oxygen atoms in total. The highest BCUT2D eigenvalue weighted by Crippen LogP contribution is 2.42. The molecule has 0 amide bonds. The molecule has 1 aromatic carbocycles. The topological polar surface area (TPSA) is 66.4 Å². The maximum Gasteiger partial charge on any atom is 0.190 e. The molecule has 126 valence electrons. The highest BCUT2D eigenvalue weighted by molar-refractivity contribution is 5.20. The highest BCUT2D eigenvalue weighted by atomic mass is 16.8. The molecule has 0 bridgehead atoms. The quantitative estimate of drug-likeness (QED) is 0.883. The summed E-state index contributed by atoms with van der Waals surface area (Å²) < 4.78 is 28.8. The Labute approximate surface area is 135 Å². The molecule has 2 unspecified atom stereocenters. The van der Waals surface area contributed by atoms with Gasteiger partial charge in [-0.25, -0.2) is 0 Å². The second-order valence-electron chi connectivity index (χ2n) is 6.41. The van der Waals surface area contributed by atoms with E-state index in [9.17, 15) is 5.11 Å². The Kier molecular flexibility index (Phi) is 3.91. The second-order valence-corrected chi connectivity index (χ2v) is 6.41. The van der Waals surface area contributed by atoms with Gasteiger partial charge in [0, 0.05) is 6.42 Å². The summed E-state index contributed by atoms with van der Waals surface area (Å²) in [6.45, 7) is 3.98. The van der Waals surface area contributed by atoms with Crippen LogP contribution in [0.15, 0.2) is 30.3 Å². The molecule has 1 N–H and O–H groups in total. The van der Waals surface area contributed by atoms with Gasteiger partial charge in [-0.2, -0.15) is 0 Å². The van der Waals surface area contributed by atoms with Crippen LogP contribution < -0.4 is 0 Å². The predicted octanol–water partition coefficient (Wildman–Crippen LogP) is 1.21. The zero-order valence-electron chi connectivity index (χ0n) is 13.3. The van der Waals surface area contributed by atoms with Crippen molar-refractivity contribution in [2.45, 2.75) is 63.1 Å². The monoisotopic (exact) mass is 322 g/mol. The van der Waals surface area contributed by atoms with Crippen LogP contribution in [-0.2, 0) is 30.1 Å². The normalized spacial score (nSPS) is 46.2. The first-order chi connectivity index (χ1) is 11.1. The molecule has 4 rings (SSSR count). The van der Waals surface area contributed by atoms with E-state index in [4.69, 9.17) is 23.7 Å². The molecule has 23 heavy (non-hydrogen) atoms. The Bertz CT molecular complexity index is 551. The van der Waals surface area contributed by atoms with E-state index >= 15 is 0 Å². The fraction of sp³-hybridized carbons (Fsp3) is 0.647. The molecule has 3 heterocycles. The van der Waals surface area contributed by atoms with Gasteiger partial charge in [-0.1, -0.05) is 30.3 Å². The average Bonchev–Trinajstić information content (AvgIpc) is 2.91. The Balaban J connectivity index is 1.68. The first-order valence-electron chi connectivity index (χ1n) is 8.06. The predicted molar refractivity (Wildman–Crippen MR) is 79.5 cm³/mol. The third-order valence-electron chi connectivity index (χ3n) is 4.71. The first kappa shape index (κ1) is 15.5. The zero-order chi connectivity index (χ0) is 16.0. The lowest BCUT2D eigenvalue weighted by atomic mass is 9.79. The number of fused-ring (bicyclic) bond motifs is 2. The Morgan fingerprint density at radius 3 is 2.52 bits per heavy atom. The third kappa shape index (κ3) is 2.69. The summed E-state index contributed by atoms with van der Waals surface area (Å²) in [6, 6.07) is 9.83. The summed E-state index contributed by atoms with van der Waals surface area (Å²) in [5.74, 6) is 0. The van der Waals surface area contributed by atoms with Crippen LogP contribution in [0.25, 0.3) is 0 Å². The van der Waals surface area contributed by atoms with Crippen molar-refractivity contribution < 1.29 is 28.8 Å². The maximum atomic E-state index is 11.6. The van der Waals surface area contributed by atoms with Crippen molar-refractivity contribution in [2.75, 3.05) is 6.61 Å². The van der Waals surface area contributed by atoms with E-state index < -0.39 is 36.7 Å². The minimum Gasteiger partial charge on any atom is -0.384 e. The summed E-state index contributed by atoms with van der Waals surface area (Å²) in [5, 5.41) is 11.6. The summed E-state index contributed by atoms with van der Waals surface area (Å²) in [7, 11) is 0. The molecule has 3 aliphatic rings. The van der Waals surface area contributed by atoms with Gasteiger partial charge < -0.3 is 28.8 Å². The van der Waals surface area contributed by atoms with Gasteiger partial charge in [0.25, 0.3) is 0 Å². The number of aliphatic hydroxyl groups is 1. The van der Waals surface area contributed by atoms with Gasteiger partial charge in [0.05, 0.1) is 6.61 Å². The smallest absolute Gasteiger partial charge is 0.190 e. The number of rotatable bonds is 2. The molecule has 0 aromatic heterocycles. The van der Waals surface area contributed by atoms with Gasteiger partial charge >= 0.3 is 0 Å². The molecule has 7 atom stereocenters. The van der Waals surface area contributed by atoms with E-state index in [1.807, 2.05) is 37.3 Å². The van der Waals surface area contributed by atoms with Crippen molar-refractivity contribution in [1.82, 2.24) is 0 Å². The molecule has 1 aromatic rings. The van der Waals surface area contributed by atoms with Gasteiger partial charge in [0.15, 0.2) is 18.9 Å². The molecule has 3 aliphatic heterocycles. The van der Waals surface area contributed by atoms with Crippen LogP contribution in [0.3, 0.4) is 0 Å². The van der Waals surface area contributed by atoms with Crippen molar-refractivity contribution >= 4 is 0 Å². The maximum absolute atomic E-state index is 11.6. The fourth-order valence-corrected chi connectivity index (χ4v) is 3.68. The largest absolute Gasteiger partial charge is 0.384 e. The van der Waals surface area contributed by atoms with Crippen LogP contribution in [0.5, 0.6) is 0 Å². The summed E-state index contributed by atoms with van der Waals surface area (Å²) in [5.41, 5.74) is -0.224. The van der Waals surface area contributed by atoms with Crippen LogP contribution >= 0.6 is 0 Å². The molecule has 3 fully saturated rings. The zero-order valence-corrected chi connectivity index (χ0v) is 13.3. The number of hydrogen-bond donors (Lipinski definition) is 1. The van der Waals surface area contributed by atoms with E-state index in [2.05, 4.69) is 0 Å². The fourth-order valence-electron chi connectivity index (χ4n) is 3.68. The van der Waals surface area contributed by atoms with Crippen molar-refractivity contribution in [3.63, 3.8) is 0 Å². The molecular formula is C17H22O6. The van der Waals surface area contributed by atoms with Crippen LogP contribution in [0.4, 0.5) is 0 Å². The lowest BCUT2D eigenvalue weighted by Gasteiger charge is -2.51. The van der Waals surface area contributed by atoms with Crippen LogP contribution in [0.1, 0.15) is 19.4 Å². The average molecular weight is 322 g/mol. The van der Waals surface area contributed by atoms with E-state index in [-0.39, 0.29) is 6.10 Å². The molecule has 0 saturated carbocycles. The minimum atomic E-state index is -1.24. The summed E-state index contributed by atoms with van der Waals surface area (Å²) in [6.07, 6.45) is -2.52. The van der Waals surface area contributed by atoms with Crippen molar-refractivity contribution in [2.24, 2.45) is 0 Å². The molecule has 0 radical (unpaired) electrons. The third-order valence-corrected chi connectivity index (χ3v) is 4.71. The molecule has 0 aliphatic carbocycles. The lowest BCUT2D eigenvalue weighted by Crippen LogP contribution is -2.70. The number of ether oxygens (including phenoxy) is 5. The SMILES string of the molecule is CC1OC[C@H]2O[C@@H]3OC(C)O[C@@H]3[C@@](O)(Cc3ccccc3)[C@@H]2O1. The highest BCUT2D eigenvalue weighted by Gasteiger charge is 2.62. The summed E-state index contributed by atoms with van der Waals surface area (Å²) in [4.78, 5) is 0. The van der Waals surface area contributed by atoms with Crippen molar-refractivity contribution in [3.05, 3.63) is 35.9 Å². The van der Waals surface area contributed by atoms with Crippen molar-refractivity contribution in [1.29, 1.82) is 0 Å². The van der Waals surface area contributed by atoms with E-state index in [0.717, 1.165) is 5.56 Å². The van der Waals surface area contributed by atoms with Gasteiger partial charge in [-0.15, -0.1) is 0 Å². The molecule has 6 heteroatoms. The number of hydrogen-bond acceptors (Lipinski definition) is 6. The second kappa shape index (κ2) is 5.81. The van der Waals surface area contributed by atoms with E-state index in [1.165, 1.54) is 0 Å². The van der Waals surface area contributed by atoms with Crippen LogP contribution in [0.2, 0.25) is 0 Å². The molecular weight excluding hydrogens is 300 g/mol. The minimum absolute atomic E-state index is 0.365. The first-order valence-corrected chi connectivity index (χ1v) is 8.06. The van der Waals surface area contributed by atoms with Gasteiger partial charge in [-0.05, 0) is 19.4 Å². The number of benzene rings is 1. The Morgan fingerprint density at radius 2 is 1.74 bits per heavy atom. The van der Waals surface area contributed by atoms with Crippen molar-refractivity contribution in [3.8, 4) is 0 Å². The lowest BCUT2D eigenvalue weighted by molar-refractivity contribution is -0.357. The van der Waals surface area contributed by atoms with E-state index in [0.29, 0.717) is 13.0 Å². The van der Waals surface area contributed by atoms with Crippen LogP contribution in [-0.4, -0.2) is 54.5 Å². The standard InChI is InChI=1S/C17H22O6/c1-10-19-9-13-14(20-10)17(18,8-12-6-4-3-5-7-12)15-16(23-13)22-11(2)21-15/h3-7,10-11,13-16,18H,8-9H2,1-2H3/t10?,11?,13-,14-,15+,16+,17-/m1/s1. The Hall–Kier alpha value is -1.02. The van der Waals surface area contributed by atoms with Gasteiger partial charge in [-0.3, -0.25) is 0 Å². The van der Waals surface area contributed by atoms with Gasteiger partial charge in [0.2, 0.25) is 0 Å². The summed E-state index contributed by atoms with van der Waals surface area (Å²) >= 11 is 0. The van der Waals surface area contributed by atoms with E-state index in [1.54, 1.807) is 6.92 Å². The van der Waals surface area contributed by atoms with Gasteiger partial charge in [0.1, 0.15) is 23.9 Å². The molecule has 0 spiro atoms. The van der Waals surface area contributed by atoms with Crippen LogP contribution in [0, 0.1) is 0 Å². The Morgan fingerprint density at radius 1 is 1.00 bits per heavy atom.